The summed E-state index contributed by atoms with van der Waals surface area (Å²) in [6.07, 6.45) is 32.9. The van der Waals surface area contributed by atoms with Gasteiger partial charge in [0.05, 0.1) is 13.2 Å². The Kier molecular flexibility index (Phi) is 26.4. The smallest absolute Gasteiger partial charge is 0.176 e. The van der Waals surface area contributed by atoms with Gasteiger partial charge >= 0.3 is 0 Å². The maximum atomic E-state index is 6.52. The van der Waals surface area contributed by atoms with Gasteiger partial charge in [0.15, 0.2) is 12.5 Å². The summed E-state index contributed by atoms with van der Waals surface area (Å²) in [5, 5.41) is 0. The predicted octanol–water partition coefficient (Wildman–Crippen LogP) is 12.2. The van der Waals surface area contributed by atoms with E-state index in [2.05, 4.69) is 61.8 Å². The van der Waals surface area contributed by atoms with E-state index >= 15 is 0 Å². The average Bonchev–Trinajstić information content (AvgIpc) is 3.08. The summed E-state index contributed by atoms with van der Waals surface area (Å²) in [7, 11) is 0. The fraction of sp³-hybridized carbons (Fsp3) is 0.857. The lowest BCUT2D eigenvalue weighted by atomic mass is 10.1. The SMILES string of the molecule is CCCCCCCCCCCCCCN(CC)C1COCC(N(CC)CCCCCCCCCCCCCC)Oc2cccc(c2)O1. The van der Waals surface area contributed by atoms with Gasteiger partial charge in [0.25, 0.3) is 0 Å². The number of benzene rings is 1. The van der Waals surface area contributed by atoms with E-state index in [4.69, 9.17) is 14.2 Å². The largest absolute Gasteiger partial charge is 0.473 e. The monoisotopic (exact) mass is 659 g/mol. The van der Waals surface area contributed by atoms with Crippen molar-refractivity contribution in [3.63, 3.8) is 0 Å². The lowest BCUT2D eigenvalue weighted by Gasteiger charge is -2.35. The molecule has 2 atom stereocenters. The van der Waals surface area contributed by atoms with Gasteiger partial charge in [-0.3, -0.25) is 9.80 Å². The number of unbranched alkanes of at least 4 members (excludes halogenated alkanes) is 22. The molecule has 0 saturated carbocycles. The van der Waals surface area contributed by atoms with E-state index in [1.165, 1.54) is 154 Å². The molecule has 2 rings (SSSR count). The molecule has 1 aromatic carbocycles. The van der Waals surface area contributed by atoms with Crippen LogP contribution in [0.25, 0.3) is 0 Å². The fourth-order valence-corrected chi connectivity index (χ4v) is 6.96. The Morgan fingerprint density at radius 3 is 1.11 bits per heavy atom. The van der Waals surface area contributed by atoms with E-state index < -0.39 is 0 Å². The summed E-state index contributed by atoms with van der Waals surface area (Å²) in [5.41, 5.74) is 0. The summed E-state index contributed by atoms with van der Waals surface area (Å²) in [4.78, 5) is 4.93. The molecule has 2 unspecified atom stereocenters. The minimum atomic E-state index is -0.0758. The van der Waals surface area contributed by atoms with Crippen molar-refractivity contribution in [1.29, 1.82) is 0 Å². The summed E-state index contributed by atoms with van der Waals surface area (Å²) >= 11 is 0. The summed E-state index contributed by atoms with van der Waals surface area (Å²) < 4.78 is 19.4. The highest BCUT2D eigenvalue weighted by Gasteiger charge is 2.25. The number of rotatable bonds is 30. The first-order valence-electron chi connectivity index (χ1n) is 20.7. The molecule has 2 bridgehead atoms. The summed E-state index contributed by atoms with van der Waals surface area (Å²) in [6.45, 7) is 14.3. The minimum absolute atomic E-state index is 0.0758. The number of hydrogen-bond donors (Lipinski definition) is 0. The molecule has 47 heavy (non-hydrogen) atoms. The molecule has 1 aliphatic heterocycles. The zero-order valence-electron chi connectivity index (χ0n) is 31.8. The molecule has 0 saturated heterocycles. The second-order valence-electron chi connectivity index (χ2n) is 14.2. The van der Waals surface area contributed by atoms with Crippen molar-refractivity contribution >= 4 is 0 Å². The zero-order valence-corrected chi connectivity index (χ0v) is 31.8. The van der Waals surface area contributed by atoms with E-state index in [0.29, 0.717) is 13.2 Å². The molecule has 5 heteroatoms. The van der Waals surface area contributed by atoms with Crippen LogP contribution in [-0.4, -0.2) is 61.6 Å². The van der Waals surface area contributed by atoms with Crippen LogP contribution in [0.15, 0.2) is 24.3 Å². The molecule has 0 amide bonds. The summed E-state index contributed by atoms with van der Waals surface area (Å²) in [5.74, 6) is 1.74. The van der Waals surface area contributed by atoms with E-state index in [1.807, 2.05) is 0 Å². The first-order valence-corrected chi connectivity index (χ1v) is 20.7. The molecular weight excluding hydrogens is 580 g/mol. The highest BCUT2D eigenvalue weighted by molar-refractivity contribution is 5.33. The third-order valence-electron chi connectivity index (χ3n) is 10.1. The number of likely N-dealkylation sites (N-methyl/N-ethyl adjacent to an activating group) is 2. The van der Waals surface area contributed by atoms with Crippen LogP contribution in [0.2, 0.25) is 0 Å². The van der Waals surface area contributed by atoms with Crippen molar-refractivity contribution in [2.75, 3.05) is 39.4 Å². The standard InChI is InChI=1S/C42H78N2O3/c1-5-9-11-13-15-17-19-21-23-25-27-29-34-43(7-3)41-37-45-38-42(47-40-33-31-32-39(36-40)46-41)44(8-4)35-30-28-26-24-22-20-18-16-14-12-10-6-2/h31-33,36,41-42H,5-30,34-35,37-38H2,1-4H3. The third kappa shape index (κ3) is 20.7. The molecule has 0 N–H and O–H groups in total. The molecule has 0 aromatic heterocycles. The average molecular weight is 659 g/mol. The van der Waals surface area contributed by atoms with Crippen molar-refractivity contribution in [1.82, 2.24) is 9.80 Å². The second kappa shape index (κ2) is 29.6. The lowest BCUT2D eigenvalue weighted by Crippen LogP contribution is -2.47. The van der Waals surface area contributed by atoms with Gasteiger partial charge in [-0.2, -0.15) is 0 Å². The van der Waals surface area contributed by atoms with Crippen molar-refractivity contribution < 1.29 is 14.2 Å². The topological polar surface area (TPSA) is 34.2 Å². The molecule has 0 spiro atoms. The number of nitrogens with zero attached hydrogens (tertiary/aromatic N) is 2. The van der Waals surface area contributed by atoms with Crippen LogP contribution in [-0.2, 0) is 4.74 Å². The lowest BCUT2D eigenvalue weighted by molar-refractivity contribution is -0.0875. The van der Waals surface area contributed by atoms with Gasteiger partial charge in [-0.05, 0) is 38.1 Å². The van der Waals surface area contributed by atoms with E-state index in [0.717, 1.165) is 37.7 Å². The Hall–Kier alpha value is -1.30. The maximum absolute atomic E-state index is 6.52. The molecule has 0 aliphatic carbocycles. The molecule has 1 heterocycles. The van der Waals surface area contributed by atoms with Gasteiger partial charge in [-0.15, -0.1) is 0 Å². The highest BCUT2D eigenvalue weighted by atomic mass is 16.6. The number of hydrogen-bond acceptors (Lipinski definition) is 5. The first kappa shape index (κ1) is 41.9. The number of fused-ring (bicyclic) bond motifs is 2. The predicted molar refractivity (Wildman–Crippen MR) is 203 cm³/mol. The van der Waals surface area contributed by atoms with Gasteiger partial charge in [0.1, 0.15) is 11.5 Å². The molecule has 5 nitrogen and oxygen atoms in total. The van der Waals surface area contributed by atoms with Gasteiger partial charge in [-0.1, -0.05) is 175 Å². The molecule has 0 radical (unpaired) electrons. The highest BCUT2D eigenvalue weighted by Crippen LogP contribution is 2.25. The molecule has 0 fully saturated rings. The second-order valence-corrected chi connectivity index (χ2v) is 14.2. The van der Waals surface area contributed by atoms with E-state index in [1.54, 1.807) is 0 Å². The zero-order chi connectivity index (χ0) is 33.6. The normalized spacial score (nSPS) is 16.8. The Balaban J connectivity index is 1.71. The van der Waals surface area contributed by atoms with Gasteiger partial charge in [-0.25, -0.2) is 0 Å². The van der Waals surface area contributed by atoms with Crippen LogP contribution >= 0.6 is 0 Å². The van der Waals surface area contributed by atoms with E-state index in [-0.39, 0.29) is 12.5 Å². The minimum Gasteiger partial charge on any atom is -0.473 e. The molecule has 1 aliphatic rings. The number of ether oxygens (including phenoxy) is 3. The fourth-order valence-electron chi connectivity index (χ4n) is 6.96. The first-order chi connectivity index (χ1) is 23.2. The molecule has 274 valence electrons. The molecule has 1 aromatic rings. The van der Waals surface area contributed by atoms with E-state index in [9.17, 15) is 0 Å². The molecular formula is C42H78N2O3. The van der Waals surface area contributed by atoms with Crippen LogP contribution in [0.5, 0.6) is 11.5 Å². The van der Waals surface area contributed by atoms with Gasteiger partial charge in [0, 0.05) is 19.2 Å². The van der Waals surface area contributed by atoms with Crippen LogP contribution in [0, 0.1) is 0 Å². The van der Waals surface area contributed by atoms with Crippen LogP contribution in [0.1, 0.15) is 182 Å². The Morgan fingerprint density at radius 1 is 0.468 bits per heavy atom. The van der Waals surface area contributed by atoms with Crippen LogP contribution < -0.4 is 9.47 Å². The van der Waals surface area contributed by atoms with Crippen LogP contribution in [0.3, 0.4) is 0 Å². The quantitative estimate of drug-likeness (QED) is 0.0768. The maximum Gasteiger partial charge on any atom is 0.176 e. The van der Waals surface area contributed by atoms with Crippen molar-refractivity contribution in [3.8, 4) is 11.5 Å². The van der Waals surface area contributed by atoms with Crippen molar-refractivity contribution in [2.45, 2.75) is 194 Å². The summed E-state index contributed by atoms with van der Waals surface area (Å²) in [6, 6.07) is 8.24. The Labute approximate surface area is 292 Å². The van der Waals surface area contributed by atoms with Crippen molar-refractivity contribution in [2.24, 2.45) is 0 Å². The Morgan fingerprint density at radius 2 is 0.787 bits per heavy atom. The Bertz CT molecular complexity index is 760. The van der Waals surface area contributed by atoms with Crippen molar-refractivity contribution in [3.05, 3.63) is 24.3 Å². The van der Waals surface area contributed by atoms with Crippen LogP contribution in [0.4, 0.5) is 0 Å². The van der Waals surface area contributed by atoms with Gasteiger partial charge < -0.3 is 14.2 Å². The third-order valence-corrected chi connectivity index (χ3v) is 10.1. The van der Waals surface area contributed by atoms with Gasteiger partial charge in [0.2, 0.25) is 0 Å².